The third-order valence-corrected chi connectivity index (χ3v) is 4.49. The van der Waals surface area contributed by atoms with E-state index in [1.54, 1.807) is 0 Å². The molecule has 0 amide bonds. The molecule has 0 atom stereocenters. The van der Waals surface area contributed by atoms with Crippen LogP contribution in [0, 0.1) is 0 Å². The van der Waals surface area contributed by atoms with Crippen LogP contribution in [0.2, 0.25) is 0 Å². The molecule has 1 aliphatic rings. The van der Waals surface area contributed by atoms with Crippen molar-refractivity contribution >= 4 is 22.1 Å². The van der Waals surface area contributed by atoms with Gasteiger partial charge in [0, 0.05) is 47.1 Å². The Morgan fingerprint density at radius 3 is 2.70 bits per heavy atom. The molecule has 3 heteroatoms. The summed E-state index contributed by atoms with van der Waals surface area (Å²) in [4.78, 5) is 6.84. The van der Waals surface area contributed by atoms with Crippen molar-refractivity contribution in [2.24, 2.45) is 0 Å². The van der Waals surface area contributed by atoms with E-state index in [1.165, 1.54) is 43.2 Å². The number of anilines is 2. The van der Waals surface area contributed by atoms with Crippen molar-refractivity contribution in [3.05, 3.63) is 30.6 Å². The van der Waals surface area contributed by atoms with Gasteiger partial charge >= 0.3 is 0 Å². The van der Waals surface area contributed by atoms with Crippen LogP contribution in [0.25, 0.3) is 10.8 Å². The van der Waals surface area contributed by atoms with Crippen molar-refractivity contribution in [2.75, 3.05) is 17.2 Å². The van der Waals surface area contributed by atoms with Gasteiger partial charge in [0.05, 0.1) is 0 Å². The quantitative estimate of drug-likeness (QED) is 0.857. The summed E-state index contributed by atoms with van der Waals surface area (Å²) in [6.07, 6.45) is 10.5. The van der Waals surface area contributed by atoms with E-state index in [0.29, 0.717) is 6.04 Å². The fourth-order valence-corrected chi connectivity index (χ4v) is 3.47. The Bertz CT molecular complexity index is 588. The Balaban J connectivity index is 2.05. The summed E-state index contributed by atoms with van der Waals surface area (Å²) in [5, 5.41) is 2.30. The first-order valence-corrected chi connectivity index (χ1v) is 7.70. The summed E-state index contributed by atoms with van der Waals surface area (Å²) in [5.74, 6) is 0. The van der Waals surface area contributed by atoms with E-state index in [0.717, 1.165) is 17.6 Å². The van der Waals surface area contributed by atoms with Crippen molar-refractivity contribution in [3.8, 4) is 0 Å². The van der Waals surface area contributed by atoms with Gasteiger partial charge in [0.25, 0.3) is 0 Å². The molecular formula is C17H23N3. The van der Waals surface area contributed by atoms with Crippen LogP contribution in [0.15, 0.2) is 30.6 Å². The predicted octanol–water partition coefficient (Wildman–Crippen LogP) is 3.98. The van der Waals surface area contributed by atoms with E-state index < -0.39 is 0 Å². The van der Waals surface area contributed by atoms with Gasteiger partial charge in [0.15, 0.2) is 0 Å². The van der Waals surface area contributed by atoms with E-state index in [2.05, 4.69) is 22.9 Å². The monoisotopic (exact) mass is 269 g/mol. The summed E-state index contributed by atoms with van der Waals surface area (Å²) in [6.45, 7) is 3.28. The lowest BCUT2D eigenvalue weighted by molar-refractivity contribution is 0.418. The fraction of sp³-hybridized carbons (Fsp3) is 0.471. The highest BCUT2D eigenvalue weighted by Gasteiger charge is 2.21. The largest absolute Gasteiger partial charge is 0.398 e. The van der Waals surface area contributed by atoms with Crippen LogP contribution in [0.3, 0.4) is 0 Å². The van der Waals surface area contributed by atoms with Gasteiger partial charge in [0.1, 0.15) is 0 Å². The third kappa shape index (κ3) is 2.33. The van der Waals surface area contributed by atoms with Gasteiger partial charge in [0.2, 0.25) is 0 Å². The SMILES string of the molecule is CCN(c1ccc(N)c2ccncc12)C1CCCCC1. The zero-order valence-corrected chi connectivity index (χ0v) is 12.2. The molecule has 1 fully saturated rings. The van der Waals surface area contributed by atoms with E-state index >= 15 is 0 Å². The van der Waals surface area contributed by atoms with Gasteiger partial charge in [-0.25, -0.2) is 0 Å². The summed E-state index contributed by atoms with van der Waals surface area (Å²) < 4.78 is 0. The second-order valence-corrected chi connectivity index (χ2v) is 5.67. The lowest BCUT2D eigenvalue weighted by Gasteiger charge is -2.36. The third-order valence-electron chi connectivity index (χ3n) is 4.49. The molecule has 1 aromatic heterocycles. The number of benzene rings is 1. The van der Waals surface area contributed by atoms with Crippen LogP contribution in [-0.2, 0) is 0 Å². The zero-order valence-electron chi connectivity index (χ0n) is 12.2. The number of fused-ring (bicyclic) bond motifs is 1. The van der Waals surface area contributed by atoms with Crippen LogP contribution in [-0.4, -0.2) is 17.6 Å². The van der Waals surface area contributed by atoms with Gasteiger partial charge in [-0.15, -0.1) is 0 Å². The van der Waals surface area contributed by atoms with E-state index in [4.69, 9.17) is 5.73 Å². The average Bonchev–Trinajstić information content (AvgIpc) is 2.52. The molecule has 20 heavy (non-hydrogen) atoms. The number of nitrogens with zero attached hydrogens (tertiary/aromatic N) is 2. The minimum absolute atomic E-state index is 0.667. The maximum Gasteiger partial charge on any atom is 0.0465 e. The van der Waals surface area contributed by atoms with Crippen LogP contribution in [0.1, 0.15) is 39.0 Å². The summed E-state index contributed by atoms with van der Waals surface area (Å²) in [6, 6.07) is 6.88. The molecule has 1 heterocycles. The Morgan fingerprint density at radius 1 is 1.15 bits per heavy atom. The summed E-state index contributed by atoms with van der Waals surface area (Å²) in [7, 11) is 0. The molecule has 0 saturated heterocycles. The van der Waals surface area contributed by atoms with E-state index in [-0.39, 0.29) is 0 Å². The van der Waals surface area contributed by atoms with Crippen molar-refractivity contribution in [3.63, 3.8) is 0 Å². The zero-order chi connectivity index (χ0) is 13.9. The average molecular weight is 269 g/mol. The number of nitrogens with two attached hydrogens (primary N) is 1. The minimum atomic E-state index is 0.667. The highest BCUT2D eigenvalue weighted by atomic mass is 15.2. The number of rotatable bonds is 3. The first-order chi connectivity index (χ1) is 9.81. The molecule has 2 N–H and O–H groups in total. The summed E-state index contributed by atoms with van der Waals surface area (Å²) in [5.41, 5.74) is 8.23. The molecule has 0 radical (unpaired) electrons. The van der Waals surface area contributed by atoms with Gasteiger partial charge in [-0.2, -0.15) is 0 Å². The van der Waals surface area contributed by atoms with Crippen molar-refractivity contribution in [1.82, 2.24) is 4.98 Å². The molecule has 0 aliphatic heterocycles. The molecule has 2 aromatic rings. The molecule has 1 aliphatic carbocycles. The molecule has 0 spiro atoms. The Hall–Kier alpha value is -1.77. The first-order valence-electron chi connectivity index (χ1n) is 7.70. The molecule has 3 rings (SSSR count). The first kappa shape index (κ1) is 13.2. The topological polar surface area (TPSA) is 42.1 Å². The summed E-state index contributed by atoms with van der Waals surface area (Å²) >= 11 is 0. The number of aromatic nitrogens is 1. The molecular weight excluding hydrogens is 246 g/mol. The lowest BCUT2D eigenvalue weighted by atomic mass is 9.93. The maximum absolute atomic E-state index is 6.10. The number of hydrogen-bond donors (Lipinski definition) is 1. The van der Waals surface area contributed by atoms with Crippen molar-refractivity contribution in [1.29, 1.82) is 0 Å². The number of pyridine rings is 1. The highest BCUT2D eigenvalue weighted by Crippen LogP contribution is 2.34. The van der Waals surface area contributed by atoms with Crippen LogP contribution >= 0.6 is 0 Å². The standard InChI is InChI=1S/C17H23N3/c1-2-20(13-6-4-3-5-7-13)17-9-8-16(18)14-10-11-19-12-15(14)17/h8-13H,2-7,18H2,1H3. The smallest absolute Gasteiger partial charge is 0.0465 e. The van der Waals surface area contributed by atoms with Crippen LogP contribution < -0.4 is 10.6 Å². The van der Waals surface area contributed by atoms with Gasteiger partial charge in [-0.05, 0) is 38.0 Å². The molecule has 106 valence electrons. The predicted molar refractivity (Wildman–Crippen MR) is 86.0 cm³/mol. The van der Waals surface area contributed by atoms with Crippen molar-refractivity contribution in [2.45, 2.75) is 45.1 Å². The maximum atomic E-state index is 6.10. The molecule has 0 unspecified atom stereocenters. The van der Waals surface area contributed by atoms with E-state index in [9.17, 15) is 0 Å². The lowest BCUT2D eigenvalue weighted by Crippen LogP contribution is -2.36. The fourth-order valence-electron chi connectivity index (χ4n) is 3.47. The molecule has 1 saturated carbocycles. The molecule has 1 aromatic carbocycles. The Kier molecular flexibility index (Phi) is 3.77. The second kappa shape index (κ2) is 5.70. The van der Waals surface area contributed by atoms with Crippen LogP contribution in [0.5, 0.6) is 0 Å². The molecule has 0 bridgehead atoms. The second-order valence-electron chi connectivity index (χ2n) is 5.67. The van der Waals surface area contributed by atoms with Gasteiger partial charge < -0.3 is 10.6 Å². The molecule has 3 nitrogen and oxygen atoms in total. The number of hydrogen-bond acceptors (Lipinski definition) is 3. The van der Waals surface area contributed by atoms with E-state index in [1.807, 2.05) is 24.5 Å². The normalized spacial score (nSPS) is 16.4. The highest BCUT2D eigenvalue weighted by molar-refractivity contribution is 6.00. The van der Waals surface area contributed by atoms with Crippen LogP contribution in [0.4, 0.5) is 11.4 Å². The van der Waals surface area contributed by atoms with Gasteiger partial charge in [-0.1, -0.05) is 19.3 Å². The van der Waals surface area contributed by atoms with Crippen molar-refractivity contribution < 1.29 is 0 Å². The Morgan fingerprint density at radius 2 is 1.95 bits per heavy atom. The number of nitrogen functional groups attached to an aromatic ring is 1. The van der Waals surface area contributed by atoms with Gasteiger partial charge in [-0.3, -0.25) is 4.98 Å². The minimum Gasteiger partial charge on any atom is -0.398 e. The Labute approximate surface area is 120 Å².